The quantitative estimate of drug-likeness (QED) is 0.608. The molecule has 1 amide bonds. The Morgan fingerprint density at radius 2 is 2.12 bits per heavy atom. The summed E-state index contributed by atoms with van der Waals surface area (Å²) in [5.74, 6) is -0.287. The van der Waals surface area contributed by atoms with Crippen molar-refractivity contribution in [2.75, 3.05) is 13.1 Å². The maximum atomic E-state index is 12.7. The number of rotatable bonds is 4. The van der Waals surface area contributed by atoms with E-state index in [1.54, 1.807) is 6.07 Å². The number of aromatic nitrogens is 2. The molecule has 1 aliphatic rings. The molecule has 132 valence electrons. The second-order valence-electron chi connectivity index (χ2n) is 5.73. The van der Waals surface area contributed by atoms with Gasteiger partial charge in [-0.05, 0) is 18.9 Å². The molecule has 3 rings (SSSR count). The number of para-hydroxylation sites is 1. The molecule has 1 fully saturated rings. The van der Waals surface area contributed by atoms with Crippen LogP contribution in [-0.2, 0) is 0 Å². The highest BCUT2D eigenvalue weighted by molar-refractivity contribution is 5.98. The molecule has 1 atom stereocenters. The van der Waals surface area contributed by atoms with Gasteiger partial charge in [-0.1, -0.05) is 12.1 Å². The number of likely N-dealkylation sites (tertiary alicyclic amines) is 1. The summed E-state index contributed by atoms with van der Waals surface area (Å²) >= 11 is 0. The minimum absolute atomic E-state index is 0.0513. The van der Waals surface area contributed by atoms with Crippen LogP contribution in [0.3, 0.4) is 0 Å². The third kappa shape index (κ3) is 3.59. The van der Waals surface area contributed by atoms with Gasteiger partial charge in [0.15, 0.2) is 0 Å². The molecule has 0 aliphatic carbocycles. The number of piperidine rings is 1. The second kappa shape index (κ2) is 7.57. The van der Waals surface area contributed by atoms with Gasteiger partial charge < -0.3 is 9.64 Å². The Morgan fingerprint density at radius 3 is 2.88 bits per heavy atom. The van der Waals surface area contributed by atoms with E-state index < -0.39 is 10.8 Å². The van der Waals surface area contributed by atoms with E-state index in [2.05, 4.69) is 9.97 Å². The van der Waals surface area contributed by atoms with Gasteiger partial charge in [0, 0.05) is 25.0 Å². The van der Waals surface area contributed by atoms with E-state index in [-0.39, 0.29) is 35.5 Å². The summed E-state index contributed by atoms with van der Waals surface area (Å²) in [6, 6.07) is 7.78. The van der Waals surface area contributed by atoms with Crippen LogP contribution >= 0.6 is 0 Å². The zero-order valence-electron chi connectivity index (χ0n) is 13.7. The Bertz CT molecular complexity index is 879. The van der Waals surface area contributed by atoms with Gasteiger partial charge in [-0.15, -0.1) is 0 Å². The first-order valence-corrected chi connectivity index (χ1v) is 8.00. The molecule has 1 aromatic heterocycles. The fourth-order valence-electron chi connectivity index (χ4n) is 2.85. The van der Waals surface area contributed by atoms with Crippen molar-refractivity contribution in [1.82, 2.24) is 14.9 Å². The van der Waals surface area contributed by atoms with E-state index in [9.17, 15) is 14.9 Å². The van der Waals surface area contributed by atoms with E-state index >= 15 is 0 Å². The largest absolute Gasteiger partial charge is 0.470 e. The lowest BCUT2D eigenvalue weighted by molar-refractivity contribution is -0.385. The molecule has 26 heavy (non-hydrogen) atoms. The number of carbonyl (C=O) groups is 1. The highest BCUT2D eigenvalue weighted by atomic mass is 16.6. The summed E-state index contributed by atoms with van der Waals surface area (Å²) < 4.78 is 5.75. The van der Waals surface area contributed by atoms with Crippen LogP contribution in [-0.4, -0.2) is 44.9 Å². The van der Waals surface area contributed by atoms with Crippen molar-refractivity contribution in [3.63, 3.8) is 0 Å². The number of nitrogens with zero attached hydrogens (tertiary/aromatic N) is 5. The van der Waals surface area contributed by atoms with Crippen molar-refractivity contribution in [2.24, 2.45) is 0 Å². The van der Waals surface area contributed by atoms with Gasteiger partial charge in [-0.25, -0.2) is 9.97 Å². The normalized spacial score (nSPS) is 16.6. The first kappa shape index (κ1) is 17.3. The van der Waals surface area contributed by atoms with Gasteiger partial charge in [0.05, 0.1) is 11.5 Å². The fraction of sp³-hybridized carbons (Fsp3) is 0.294. The number of nitro benzene ring substituents is 1. The molecule has 0 saturated carbocycles. The molecule has 2 aromatic rings. The molecule has 1 aliphatic heterocycles. The van der Waals surface area contributed by atoms with Gasteiger partial charge in [-0.3, -0.25) is 14.9 Å². The lowest BCUT2D eigenvalue weighted by atomic mass is 10.1. The van der Waals surface area contributed by atoms with E-state index in [0.717, 1.165) is 0 Å². The van der Waals surface area contributed by atoms with Crippen LogP contribution in [0, 0.1) is 21.4 Å². The molecular weight excluding hydrogens is 338 g/mol. The maximum Gasteiger partial charge on any atom is 0.282 e. The van der Waals surface area contributed by atoms with Crippen molar-refractivity contribution in [1.29, 1.82) is 5.26 Å². The van der Waals surface area contributed by atoms with Crippen LogP contribution < -0.4 is 4.74 Å². The lowest BCUT2D eigenvalue weighted by Gasteiger charge is -2.32. The predicted octanol–water partition coefficient (Wildman–Crippen LogP) is 1.94. The Hall–Kier alpha value is -3.54. The summed E-state index contributed by atoms with van der Waals surface area (Å²) in [5, 5.41) is 20.2. The van der Waals surface area contributed by atoms with Crippen LogP contribution in [0.2, 0.25) is 0 Å². The monoisotopic (exact) mass is 353 g/mol. The summed E-state index contributed by atoms with van der Waals surface area (Å²) in [6.45, 7) is 0.739. The summed E-state index contributed by atoms with van der Waals surface area (Å²) in [6.07, 6.45) is 3.83. The van der Waals surface area contributed by atoms with Crippen LogP contribution in [0.25, 0.3) is 0 Å². The summed E-state index contributed by atoms with van der Waals surface area (Å²) in [4.78, 5) is 32.7. The molecule has 2 heterocycles. The molecule has 0 N–H and O–H groups in total. The zero-order valence-corrected chi connectivity index (χ0v) is 13.7. The van der Waals surface area contributed by atoms with E-state index in [1.165, 1.54) is 35.5 Å². The van der Waals surface area contributed by atoms with Crippen LogP contribution in [0.1, 0.15) is 28.9 Å². The van der Waals surface area contributed by atoms with Crippen molar-refractivity contribution in [2.45, 2.75) is 18.9 Å². The number of hydrogen-bond donors (Lipinski definition) is 0. The van der Waals surface area contributed by atoms with Crippen LogP contribution in [0.15, 0.2) is 36.7 Å². The molecular formula is C17H15N5O4. The number of nitriles is 1. The van der Waals surface area contributed by atoms with Crippen molar-refractivity contribution < 1.29 is 14.5 Å². The Labute approximate surface area is 149 Å². The number of benzene rings is 1. The smallest absolute Gasteiger partial charge is 0.282 e. The van der Waals surface area contributed by atoms with Gasteiger partial charge in [0.2, 0.25) is 5.69 Å². The van der Waals surface area contributed by atoms with E-state index in [4.69, 9.17) is 10.00 Å². The predicted molar refractivity (Wildman–Crippen MR) is 89.4 cm³/mol. The average Bonchev–Trinajstić information content (AvgIpc) is 2.68. The van der Waals surface area contributed by atoms with Crippen LogP contribution in [0.5, 0.6) is 5.88 Å². The number of hydrogen-bond acceptors (Lipinski definition) is 7. The van der Waals surface area contributed by atoms with Gasteiger partial charge in [0.1, 0.15) is 17.7 Å². The standard InChI is InChI=1S/C17H15N5O4/c18-10-14-16(20-8-7-19-14)26-12-4-3-9-21(11-12)17(23)13-5-1-2-6-15(13)22(24)25/h1-2,5-8,12H,3-4,9,11H2. The molecule has 1 aromatic carbocycles. The number of amides is 1. The topological polar surface area (TPSA) is 122 Å². The van der Waals surface area contributed by atoms with Crippen molar-refractivity contribution in [3.05, 3.63) is 58.0 Å². The SMILES string of the molecule is N#Cc1nccnc1OC1CCCN(C(=O)c2ccccc2[N+](=O)[O-])C1. The second-order valence-corrected chi connectivity index (χ2v) is 5.73. The summed E-state index contributed by atoms with van der Waals surface area (Å²) in [5.41, 5.74) is -0.0914. The number of ether oxygens (including phenoxy) is 1. The highest BCUT2D eigenvalue weighted by Gasteiger charge is 2.30. The first-order valence-electron chi connectivity index (χ1n) is 8.00. The number of carbonyl (C=O) groups excluding carboxylic acids is 1. The fourth-order valence-corrected chi connectivity index (χ4v) is 2.85. The third-order valence-corrected chi connectivity index (χ3v) is 4.05. The minimum Gasteiger partial charge on any atom is -0.470 e. The number of nitro groups is 1. The Kier molecular flexibility index (Phi) is 5.03. The minimum atomic E-state index is -0.566. The molecule has 9 nitrogen and oxygen atoms in total. The summed E-state index contributed by atoms with van der Waals surface area (Å²) in [7, 11) is 0. The molecule has 1 unspecified atom stereocenters. The lowest BCUT2D eigenvalue weighted by Crippen LogP contribution is -2.44. The molecule has 9 heteroatoms. The van der Waals surface area contributed by atoms with Gasteiger partial charge in [-0.2, -0.15) is 5.26 Å². The first-order chi connectivity index (χ1) is 12.6. The third-order valence-electron chi connectivity index (χ3n) is 4.05. The van der Waals surface area contributed by atoms with Crippen molar-refractivity contribution >= 4 is 11.6 Å². The maximum absolute atomic E-state index is 12.7. The van der Waals surface area contributed by atoms with Gasteiger partial charge in [0.25, 0.3) is 17.5 Å². The highest BCUT2D eigenvalue weighted by Crippen LogP contribution is 2.23. The average molecular weight is 353 g/mol. The Morgan fingerprint density at radius 1 is 1.35 bits per heavy atom. The van der Waals surface area contributed by atoms with E-state index in [0.29, 0.717) is 19.4 Å². The molecule has 0 bridgehead atoms. The molecule has 1 saturated heterocycles. The Balaban J connectivity index is 1.76. The van der Waals surface area contributed by atoms with Crippen molar-refractivity contribution in [3.8, 4) is 11.9 Å². The van der Waals surface area contributed by atoms with Gasteiger partial charge >= 0.3 is 0 Å². The molecule has 0 spiro atoms. The molecule has 0 radical (unpaired) electrons. The van der Waals surface area contributed by atoms with Crippen LogP contribution in [0.4, 0.5) is 5.69 Å². The van der Waals surface area contributed by atoms with E-state index in [1.807, 2.05) is 6.07 Å². The zero-order chi connectivity index (χ0) is 18.5.